The number of amides is 2. The third-order valence-electron chi connectivity index (χ3n) is 5.26. The lowest BCUT2D eigenvalue weighted by molar-refractivity contribution is -0.137. The Hall–Kier alpha value is -1.53. The fourth-order valence-electron chi connectivity index (χ4n) is 3.43. The Morgan fingerprint density at radius 1 is 1.19 bits per heavy atom. The second kappa shape index (κ2) is 9.97. The fourth-order valence-corrected chi connectivity index (χ4v) is 3.99. The Labute approximate surface area is 161 Å². The van der Waals surface area contributed by atoms with Crippen LogP contribution < -0.4 is 5.32 Å². The van der Waals surface area contributed by atoms with E-state index in [1.807, 2.05) is 61.3 Å². The van der Waals surface area contributed by atoms with Gasteiger partial charge in [0.2, 0.25) is 11.8 Å². The number of likely N-dealkylation sites (N-methyl/N-ethyl adjacent to an activating group) is 2. The highest BCUT2D eigenvalue weighted by molar-refractivity contribution is 7.98. The van der Waals surface area contributed by atoms with E-state index in [1.165, 1.54) is 19.3 Å². The van der Waals surface area contributed by atoms with Crippen molar-refractivity contribution < 1.29 is 9.59 Å². The second-order valence-corrected chi connectivity index (χ2v) is 7.93. The first-order valence-corrected chi connectivity index (χ1v) is 10.6. The summed E-state index contributed by atoms with van der Waals surface area (Å²) in [6, 6.07) is 7.77. The van der Waals surface area contributed by atoms with Gasteiger partial charge in [0.05, 0.1) is 18.3 Å². The van der Waals surface area contributed by atoms with E-state index in [1.54, 1.807) is 11.8 Å². The van der Waals surface area contributed by atoms with Crippen LogP contribution in [0.3, 0.4) is 0 Å². The number of carbonyl (C=O) groups is 2. The molecule has 1 fully saturated rings. The van der Waals surface area contributed by atoms with Gasteiger partial charge in [-0.3, -0.25) is 14.5 Å². The summed E-state index contributed by atoms with van der Waals surface area (Å²) in [5.74, 6) is -0.00863. The van der Waals surface area contributed by atoms with Crippen LogP contribution >= 0.6 is 11.8 Å². The summed E-state index contributed by atoms with van der Waals surface area (Å²) in [6.07, 6.45) is 7.83. The molecule has 5 nitrogen and oxygen atoms in total. The lowest BCUT2D eigenvalue weighted by Gasteiger charge is -2.35. The van der Waals surface area contributed by atoms with E-state index in [9.17, 15) is 9.59 Å². The molecule has 2 amide bonds. The van der Waals surface area contributed by atoms with Crippen molar-refractivity contribution in [2.75, 3.05) is 32.2 Å². The third-order valence-corrected chi connectivity index (χ3v) is 6.06. The van der Waals surface area contributed by atoms with Crippen LogP contribution in [0.25, 0.3) is 0 Å². The lowest BCUT2D eigenvalue weighted by Crippen LogP contribution is -2.49. The van der Waals surface area contributed by atoms with Gasteiger partial charge in [0.25, 0.3) is 0 Å². The molecular weight excluding hydrogens is 346 g/mol. The summed E-state index contributed by atoms with van der Waals surface area (Å²) in [5.41, 5.74) is 0.816. The van der Waals surface area contributed by atoms with Crippen molar-refractivity contribution in [3.63, 3.8) is 0 Å². The summed E-state index contributed by atoms with van der Waals surface area (Å²) in [4.78, 5) is 29.9. The Bertz CT molecular complexity index is 617. The molecule has 144 valence electrons. The monoisotopic (exact) mass is 377 g/mol. The third kappa shape index (κ3) is 5.48. The number of anilines is 1. The molecule has 1 aromatic carbocycles. The highest BCUT2D eigenvalue weighted by Gasteiger charge is 2.28. The van der Waals surface area contributed by atoms with Crippen LogP contribution in [0.5, 0.6) is 0 Å². The Balaban J connectivity index is 1.89. The van der Waals surface area contributed by atoms with Gasteiger partial charge in [-0.2, -0.15) is 0 Å². The highest BCUT2D eigenvalue weighted by Crippen LogP contribution is 2.25. The predicted molar refractivity (Wildman–Crippen MR) is 109 cm³/mol. The van der Waals surface area contributed by atoms with Crippen LogP contribution in [0.15, 0.2) is 29.2 Å². The van der Waals surface area contributed by atoms with Gasteiger partial charge in [-0.25, -0.2) is 0 Å². The van der Waals surface area contributed by atoms with Crippen LogP contribution in [-0.2, 0) is 9.59 Å². The molecule has 1 saturated carbocycles. The maximum absolute atomic E-state index is 12.8. The molecule has 1 atom stereocenters. The quantitative estimate of drug-likeness (QED) is 0.740. The molecule has 0 spiro atoms. The molecule has 1 aliphatic carbocycles. The second-order valence-electron chi connectivity index (χ2n) is 7.08. The van der Waals surface area contributed by atoms with E-state index < -0.39 is 0 Å². The lowest BCUT2D eigenvalue weighted by atomic mass is 9.94. The topological polar surface area (TPSA) is 52.7 Å². The molecule has 0 bridgehead atoms. The predicted octanol–water partition coefficient (Wildman–Crippen LogP) is 3.46. The molecule has 6 heteroatoms. The first kappa shape index (κ1) is 20.8. The van der Waals surface area contributed by atoms with E-state index in [0.717, 1.165) is 23.4 Å². The molecule has 26 heavy (non-hydrogen) atoms. The summed E-state index contributed by atoms with van der Waals surface area (Å²) < 4.78 is 0. The molecule has 1 unspecified atom stereocenters. The van der Waals surface area contributed by atoms with Gasteiger partial charge in [-0.1, -0.05) is 31.4 Å². The molecule has 0 aromatic heterocycles. The summed E-state index contributed by atoms with van der Waals surface area (Å²) in [7, 11) is 3.73. The zero-order valence-electron chi connectivity index (χ0n) is 16.3. The van der Waals surface area contributed by atoms with Gasteiger partial charge in [0.1, 0.15) is 0 Å². The van der Waals surface area contributed by atoms with Crippen molar-refractivity contribution in [1.29, 1.82) is 0 Å². The molecule has 0 heterocycles. The van der Waals surface area contributed by atoms with E-state index in [-0.39, 0.29) is 24.4 Å². The Morgan fingerprint density at radius 2 is 1.85 bits per heavy atom. The van der Waals surface area contributed by atoms with Crippen molar-refractivity contribution in [3.05, 3.63) is 24.3 Å². The van der Waals surface area contributed by atoms with Crippen LogP contribution in [-0.4, -0.2) is 60.6 Å². The minimum absolute atomic E-state index is 0.0942. The minimum Gasteiger partial charge on any atom is -0.341 e. The van der Waals surface area contributed by atoms with E-state index in [4.69, 9.17) is 0 Å². The maximum atomic E-state index is 12.8. The number of hydrogen-bond acceptors (Lipinski definition) is 4. The summed E-state index contributed by atoms with van der Waals surface area (Å²) in [6.45, 7) is 2.07. The first-order chi connectivity index (χ1) is 12.4. The Morgan fingerprint density at radius 3 is 2.50 bits per heavy atom. The molecule has 1 N–H and O–H groups in total. The van der Waals surface area contributed by atoms with Crippen LogP contribution in [0.1, 0.15) is 39.0 Å². The number of benzene rings is 1. The largest absolute Gasteiger partial charge is 0.341 e. The molecule has 0 radical (unpaired) electrons. The molecule has 1 aliphatic rings. The Kier molecular flexibility index (Phi) is 7.97. The first-order valence-electron chi connectivity index (χ1n) is 9.33. The van der Waals surface area contributed by atoms with Gasteiger partial charge in [0.15, 0.2) is 0 Å². The fraction of sp³-hybridized carbons (Fsp3) is 0.600. The zero-order chi connectivity index (χ0) is 19.1. The van der Waals surface area contributed by atoms with E-state index in [2.05, 4.69) is 5.32 Å². The number of nitrogens with one attached hydrogen (secondary N) is 1. The van der Waals surface area contributed by atoms with Crippen LogP contribution in [0.4, 0.5) is 5.69 Å². The van der Waals surface area contributed by atoms with Gasteiger partial charge >= 0.3 is 0 Å². The SMILES string of the molecule is CSc1ccccc1NC(=O)CN(C)C(C)C(=O)N(C)C1CCCCC1. The molecule has 2 rings (SSSR count). The zero-order valence-corrected chi connectivity index (χ0v) is 17.1. The standard InChI is InChI=1S/C20H31N3O2S/c1-15(20(25)23(3)16-10-6-5-7-11-16)22(2)14-19(24)21-17-12-8-9-13-18(17)26-4/h8-9,12-13,15-16H,5-7,10-11,14H2,1-4H3,(H,21,24). The van der Waals surface area contributed by atoms with Crippen molar-refractivity contribution in [2.45, 2.75) is 56.0 Å². The number of para-hydroxylation sites is 1. The highest BCUT2D eigenvalue weighted by atomic mass is 32.2. The van der Waals surface area contributed by atoms with Crippen molar-refractivity contribution in [2.24, 2.45) is 0 Å². The van der Waals surface area contributed by atoms with E-state index >= 15 is 0 Å². The average molecular weight is 378 g/mol. The maximum Gasteiger partial charge on any atom is 0.239 e. The number of carbonyl (C=O) groups excluding carboxylic acids is 2. The number of nitrogens with zero attached hydrogens (tertiary/aromatic N) is 2. The molecule has 0 saturated heterocycles. The van der Waals surface area contributed by atoms with Crippen LogP contribution in [0, 0.1) is 0 Å². The normalized spacial score (nSPS) is 16.3. The van der Waals surface area contributed by atoms with Gasteiger partial charge in [-0.15, -0.1) is 11.8 Å². The molecule has 0 aliphatic heterocycles. The molecule has 1 aromatic rings. The van der Waals surface area contributed by atoms with Gasteiger partial charge < -0.3 is 10.2 Å². The van der Waals surface area contributed by atoms with Crippen molar-refractivity contribution in [3.8, 4) is 0 Å². The van der Waals surface area contributed by atoms with Gasteiger partial charge in [0, 0.05) is 18.0 Å². The van der Waals surface area contributed by atoms with Crippen LogP contribution in [0.2, 0.25) is 0 Å². The van der Waals surface area contributed by atoms with Crippen molar-refractivity contribution in [1.82, 2.24) is 9.80 Å². The van der Waals surface area contributed by atoms with Crippen molar-refractivity contribution >= 4 is 29.3 Å². The minimum atomic E-state index is -0.316. The smallest absolute Gasteiger partial charge is 0.239 e. The molecular formula is C20H31N3O2S. The number of rotatable bonds is 7. The average Bonchev–Trinajstić information content (AvgIpc) is 2.67. The number of thioether (sulfide) groups is 1. The summed E-state index contributed by atoms with van der Waals surface area (Å²) >= 11 is 1.60. The number of hydrogen-bond donors (Lipinski definition) is 1. The van der Waals surface area contributed by atoms with E-state index in [0.29, 0.717) is 6.04 Å². The summed E-state index contributed by atoms with van der Waals surface area (Å²) in [5, 5.41) is 2.95. The van der Waals surface area contributed by atoms with Gasteiger partial charge in [-0.05, 0) is 45.2 Å².